The van der Waals surface area contributed by atoms with Crippen molar-refractivity contribution in [1.29, 1.82) is 0 Å². The summed E-state index contributed by atoms with van der Waals surface area (Å²) >= 11 is 4.74. The van der Waals surface area contributed by atoms with Gasteiger partial charge in [-0.25, -0.2) is 4.39 Å². The van der Waals surface area contributed by atoms with Crippen molar-refractivity contribution in [1.82, 2.24) is 5.32 Å². The predicted molar refractivity (Wildman–Crippen MR) is 70.6 cm³/mol. The summed E-state index contributed by atoms with van der Waals surface area (Å²) in [5.74, 6) is -0.730. The normalized spacial score (nSPS) is 10.1. The van der Waals surface area contributed by atoms with Crippen LogP contribution in [-0.2, 0) is 16.1 Å². The Labute approximate surface area is 110 Å². The van der Waals surface area contributed by atoms with Gasteiger partial charge in [-0.3, -0.25) is 4.79 Å². The zero-order chi connectivity index (χ0) is 13.5. The summed E-state index contributed by atoms with van der Waals surface area (Å²) in [5, 5.41) is 2.56. The number of thiocarbonyl (C=S) groups is 1. The highest BCUT2D eigenvalue weighted by Crippen LogP contribution is 2.10. The average Bonchev–Trinajstić information content (AvgIpc) is 2.34. The Morgan fingerprint density at radius 3 is 2.83 bits per heavy atom. The number of amides is 1. The Bertz CT molecular complexity index is 452. The van der Waals surface area contributed by atoms with Gasteiger partial charge in [0.15, 0.2) is 0 Å². The zero-order valence-corrected chi connectivity index (χ0v) is 10.8. The lowest BCUT2D eigenvalue weighted by molar-refractivity contribution is -0.125. The molecule has 98 valence electrons. The van der Waals surface area contributed by atoms with Gasteiger partial charge in [0.1, 0.15) is 17.4 Å². The molecule has 3 N–H and O–H groups in total. The minimum Gasteiger partial charge on any atom is -0.389 e. The third kappa shape index (κ3) is 4.38. The molecule has 0 fully saturated rings. The van der Waals surface area contributed by atoms with E-state index in [0.717, 1.165) is 0 Å². The van der Waals surface area contributed by atoms with Crippen LogP contribution in [0.15, 0.2) is 18.2 Å². The third-order valence-electron chi connectivity index (χ3n) is 2.25. The number of halogens is 1. The summed E-state index contributed by atoms with van der Waals surface area (Å²) in [4.78, 5) is 11.4. The molecule has 0 aliphatic carbocycles. The molecule has 4 nitrogen and oxygen atoms in total. The van der Waals surface area contributed by atoms with Gasteiger partial charge in [-0.05, 0) is 13.0 Å². The van der Waals surface area contributed by atoms with Gasteiger partial charge >= 0.3 is 0 Å². The first-order valence-corrected chi connectivity index (χ1v) is 5.88. The fourth-order valence-electron chi connectivity index (χ4n) is 1.28. The Morgan fingerprint density at radius 1 is 1.56 bits per heavy atom. The van der Waals surface area contributed by atoms with E-state index in [2.05, 4.69) is 5.32 Å². The first-order chi connectivity index (χ1) is 8.54. The van der Waals surface area contributed by atoms with Crippen LogP contribution in [0.2, 0.25) is 0 Å². The van der Waals surface area contributed by atoms with E-state index in [1.165, 1.54) is 6.07 Å². The molecule has 0 atom stereocenters. The number of carbonyl (C=O) groups is 1. The highest BCUT2D eigenvalue weighted by molar-refractivity contribution is 7.80. The van der Waals surface area contributed by atoms with Gasteiger partial charge in [0.05, 0.1) is 0 Å². The Hall–Kier alpha value is -1.53. The predicted octanol–water partition coefficient (Wildman–Crippen LogP) is 1.11. The lowest BCUT2D eigenvalue weighted by Gasteiger charge is -2.07. The number of rotatable bonds is 6. The smallest absolute Gasteiger partial charge is 0.246 e. The van der Waals surface area contributed by atoms with Gasteiger partial charge in [0.25, 0.3) is 0 Å². The van der Waals surface area contributed by atoms with E-state index in [9.17, 15) is 9.18 Å². The Morgan fingerprint density at radius 2 is 2.28 bits per heavy atom. The second-order valence-electron chi connectivity index (χ2n) is 3.58. The van der Waals surface area contributed by atoms with Crippen molar-refractivity contribution in [2.45, 2.75) is 13.5 Å². The monoisotopic (exact) mass is 270 g/mol. The molecule has 6 heteroatoms. The SMILES string of the molecule is CCOCC(=O)NCc1ccc(C(N)=S)cc1F. The first kappa shape index (κ1) is 14.5. The van der Waals surface area contributed by atoms with Crippen LogP contribution in [0.3, 0.4) is 0 Å². The van der Waals surface area contributed by atoms with Gasteiger partial charge in [0, 0.05) is 24.3 Å². The van der Waals surface area contributed by atoms with Crippen molar-refractivity contribution in [2.75, 3.05) is 13.2 Å². The number of nitrogens with one attached hydrogen (secondary N) is 1. The highest BCUT2D eigenvalue weighted by Gasteiger charge is 2.07. The van der Waals surface area contributed by atoms with Crippen LogP contribution in [0, 0.1) is 5.82 Å². The van der Waals surface area contributed by atoms with E-state index in [1.807, 2.05) is 0 Å². The van der Waals surface area contributed by atoms with Gasteiger partial charge in [0.2, 0.25) is 5.91 Å². The van der Waals surface area contributed by atoms with Crippen LogP contribution < -0.4 is 11.1 Å². The zero-order valence-electron chi connectivity index (χ0n) is 10.0. The summed E-state index contributed by atoms with van der Waals surface area (Å²) in [6.07, 6.45) is 0. The Balaban J connectivity index is 2.58. The number of benzene rings is 1. The van der Waals surface area contributed by atoms with Crippen molar-refractivity contribution < 1.29 is 13.9 Å². The summed E-state index contributed by atoms with van der Waals surface area (Å²) in [5.41, 5.74) is 6.23. The van der Waals surface area contributed by atoms with Gasteiger partial charge < -0.3 is 15.8 Å². The van der Waals surface area contributed by atoms with Crippen LogP contribution in [-0.4, -0.2) is 24.1 Å². The van der Waals surface area contributed by atoms with E-state index in [-0.39, 0.29) is 24.0 Å². The summed E-state index contributed by atoms with van der Waals surface area (Å²) in [6.45, 7) is 2.34. The van der Waals surface area contributed by atoms with E-state index in [1.54, 1.807) is 19.1 Å². The molecule has 0 saturated heterocycles. The van der Waals surface area contributed by atoms with Gasteiger partial charge in [-0.15, -0.1) is 0 Å². The molecule has 0 unspecified atom stereocenters. The molecule has 0 aliphatic rings. The minimum absolute atomic E-state index is 0.0247. The van der Waals surface area contributed by atoms with Gasteiger partial charge in [-0.2, -0.15) is 0 Å². The third-order valence-corrected chi connectivity index (χ3v) is 2.49. The molecule has 0 aliphatic heterocycles. The van der Waals surface area contributed by atoms with Crippen molar-refractivity contribution in [3.63, 3.8) is 0 Å². The molecule has 0 saturated carbocycles. The maximum absolute atomic E-state index is 13.6. The summed E-state index contributed by atoms with van der Waals surface area (Å²) in [6, 6.07) is 4.42. The Kier molecular flexibility index (Phi) is 5.67. The van der Waals surface area contributed by atoms with E-state index >= 15 is 0 Å². The molecule has 0 aromatic heterocycles. The van der Waals surface area contributed by atoms with Crippen molar-refractivity contribution in [3.8, 4) is 0 Å². The molecule has 18 heavy (non-hydrogen) atoms. The molecule has 1 rings (SSSR count). The first-order valence-electron chi connectivity index (χ1n) is 5.47. The van der Waals surface area contributed by atoms with Gasteiger partial charge in [-0.1, -0.05) is 24.4 Å². The number of nitrogens with two attached hydrogens (primary N) is 1. The van der Waals surface area contributed by atoms with E-state index in [4.69, 9.17) is 22.7 Å². The molecule has 1 amide bonds. The quantitative estimate of drug-likeness (QED) is 0.760. The maximum atomic E-state index is 13.6. The molecule has 0 radical (unpaired) electrons. The van der Waals surface area contributed by atoms with E-state index in [0.29, 0.717) is 17.7 Å². The fourth-order valence-corrected chi connectivity index (χ4v) is 1.41. The molecule has 0 heterocycles. The summed E-state index contributed by atoms with van der Waals surface area (Å²) in [7, 11) is 0. The molecular weight excluding hydrogens is 255 g/mol. The van der Waals surface area contributed by atoms with Crippen molar-refractivity contribution in [2.24, 2.45) is 5.73 Å². The number of hydrogen-bond acceptors (Lipinski definition) is 3. The molecule has 0 spiro atoms. The van der Waals surface area contributed by atoms with Crippen molar-refractivity contribution >= 4 is 23.1 Å². The lowest BCUT2D eigenvalue weighted by Crippen LogP contribution is -2.27. The topological polar surface area (TPSA) is 64.3 Å². The van der Waals surface area contributed by atoms with Crippen LogP contribution in [0.4, 0.5) is 4.39 Å². The number of ether oxygens (including phenoxy) is 1. The highest BCUT2D eigenvalue weighted by atomic mass is 32.1. The van der Waals surface area contributed by atoms with E-state index < -0.39 is 5.82 Å². The van der Waals surface area contributed by atoms with Crippen LogP contribution in [0.25, 0.3) is 0 Å². The maximum Gasteiger partial charge on any atom is 0.246 e. The lowest BCUT2D eigenvalue weighted by atomic mass is 10.1. The number of hydrogen-bond donors (Lipinski definition) is 2. The van der Waals surface area contributed by atoms with Crippen LogP contribution in [0.5, 0.6) is 0 Å². The fraction of sp³-hybridized carbons (Fsp3) is 0.333. The largest absolute Gasteiger partial charge is 0.389 e. The summed E-state index contributed by atoms with van der Waals surface area (Å²) < 4.78 is 18.5. The molecule has 1 aromatic rings. The minimum atomic E-state index is -0.447. The number of carbonyl (C=O) groups excluding carboxylic acids is 1. The second kappa shape index (κ2) is 7.03. The molecule has 1 aromatic carbocycles. The molecule has 0 bridgehead atoms. The van der Waals surface area contributed by atoms with Crippen molar-refractivity contribution in [3.05, 3.63) is 35.1 Å². The molecular formula is C12H15FN2O2S. The standard InChI is InChI=1S/C12H15FN2O2S/c1-2-17-7-11(16)15-6-9-4-3-8(12(14)18)5-10(9)13/h3-5H,2,6-7H2,1H3,(H2,14,18)(H,15,16). The average molecular weight is 270 g/mol. The second-order valence-corrected chi connectivity index (χ2v) is 4.02. The van der Waals surface area contributed by atoms with Crippen LogP contribution in [0.1, 0.15) is 18.1 Å². The van der Waals surface area contributed by atoms with Crippen LogP contribution >= 0.6 is 12.2 Å².